The number of thioether (sulfide) groups is 1. The Kier molecular flexibility index (Phi) is 9.57. The van der Waals surface area contributed by atoms with E-state index in [4.69, 9.17) is 4.42 Å². The molecule has 0 amide bonds. The molecule has 2 N–H and O–H groups in total. The molecule has 3 rings (SSSR count). The van der Waals surface area contributed by atoms with Gasteiger partial charge in [-0.25, -0.2) is 9.37 Å². The molecule has 1 aliphatic carbocycles. The van der Waals surface area contributed by atoms with Gasteiger partial charge < -0.3 is 15.1 Å². The summed E-state index contributed by atoms with van der Waals surface area (Å²) in [6, 6.07) is 6.64. The van der Waals surface area contributed by atoms with Crippen LogP contribution in [0.3, 0.4) is 0 Å². The van der Waals surface area contributed by atoms with Crippen LogP contribution >= 0.6 is 35.7 Å². The monoisotopic (exact) mass is 518 g/mol. The number of hydrogen-bond acceptors (Lipinski definition) is 4. The number of rotatable bonds is 7. The van der Waals surface area contributed by atoms with Gasteiger partial charge in [-0.2, -0.15) is 11.8 Å². The Labute approximate surface area is 187 Å². The lowest BCUT2D eigenvalue weighted by atomic mass is 10.2. The molecule has 2 unspecified atom stereocenters. The number of halogens is 2. The third-order valence-corrected chi connectivity index (χ3v) is 5.78. The number of nitrogens with zero attached hydrogens (tertiary/aromatic N) is 2. The van der Waals surface area contributed by atoms with E-state index in [1.54, 1.807) is 18.4 Å². The standard InChI is InChI=1S/C20H27FN4OS.HI/c1-3-22-20(25-16-8-9-18(12-16)27-2)23-11-10-17-13-26-19(24-17)14-4-6-15(21)7-5-14;/h4-7,13,16,18H,3,8-12H2,1-2H3,(H2,22,23,25);1H. The maximum Gasteiger partial charge on any atom is 0.226 e. The average molecular weight is 518 g/mol. The molecule has 0 spiro atoms. The third-order valence-electron chi connectivity index (χ3n) is 4.68. The van der Waals surface area contributed by atoms with Gasteiger partial charge in [0.05, 0.1) is 5.69 Å². The van der Waals surface area contributed by atoms with Crippen molar-refractivity contribution in [3.63, 3.8) is 0 Å². The first-order valence-corrected chi connectivity index (χ1v) is 10.7. The van der Waals surface area contributed by atoms with Gasteiger partial charge in [0.1, 0.15) is 12.1 Å². The topological polar surface area (TPSA) is 62.5 Å². The molecule has 1 aromatic carbocycles. The van der Waals surface area contributed by atoms with E-state index in [9.17, 15) is 4.39 Å². The van der Waals surface area contributed by atoms with Crippen molar-refractivity contribution in [2.45, 2.75) is 43.9 Å². The number of oxazole rings is 1. The first kappa shape index (κ1) is 23.0. The van der Waals surface area contributed by atoms with Gasteiger partial charge in [-0.15, -0.1) is 24.0 Å². The minimum absolute atomic E-state index is 0. The fourth-order valence-corrected chi connectivity index (χ4v) is 4.02. The molecule has 1 aromatic heterocycles. The van der Waals surface area contributed by atoms with Crippen molar-refractivity contribution in [3.05, 3.63) is 42.0 Å². The Morgan fingerprint density at radius 2 is 2.11 bits per heavy atom. The summed E-state index contributed by atoms with van der Waals surface area (Å²) >= 11 is 1.95. The number of hydrogen-bond donors (Lipinski definition) is 2. The van der Waals surface area contributed by atoms with Gasteiger partial charge in [0.15, 0.2) is 5.96 Å². The van der Waals surface area contributed by atoms with Gasteiger partial charge in [0.2, 0.25) is 5.89 Å². The summed E-state index contributed by atoms with van der Waals surface area (Å²) in [6.45, 7) is 3.54. The average Bonchev–Trinajstić information content (AvgIpc) is 3.32. The zero-order chi connectivity index (χ0) is 19.1. The van der Waals surface area contributed by atoms with Crippen LogP contribution < -0.4 is 10.6 Å². The Hall–Kier alpha value is -1.29. The largest absolute Gasteiger partial charge is 0.444 e. The zero-order valence-corrected chi connectivity index (χ0v) is 19.4. The summed E-state index contributed by atoms with van der Waals surface area (Å²) in [5, 5.41) is 7.62. The lowest BCUT2D eigenvalue weighted by Gasteiger charge is -2.17. The van der Waals surface area contributed by atoms with E-state index in [1.165, 1.54) is 31.4 Å². The van der Waals surface area contributed by atoms with Gasteiger partial charge in [0, 0.05) is 36.4 Å². The van der Waals surface area contributed by atoms with E-state index in [-0.39, 0.29) is 29.8 Å². The molecule has 5 nitrogen and oxygen atoms in total. The van der Waals surface area contributed by atoms with Crippen molar-refractivity contribution >= 4 is 41.7 Å². The number of aromatic nitrogens is 1. The highest BCUT2D eigenvalue weighted by Crippen LogP contribution is 2.28. The lowest BCUT2D eigenvalue weighted by molar-refractivity contribution is 0.572. The molecule has 1 heterocycles. The molecule has 0 saturated heterocycles. The Bertz CT molecular complexity index is 753. The molecule has 1 fully saturated rings. The fourth-order valence-electron chi connectivity index (χ4n) is 3.23. The van der Waals surface area contributed by atoms with Gasteiger partial charge in [-0.05, 0) is 56.7 Å². The second-order valence-corrected chi connectivity index (χ2v) is 7.81. The van der Waals surface area contributed by atoms with Crippen LogP contribution in [0.4, 0.5) is 4.39 Å². The Morgan fingerprint density at radius 3 is 2.79 bits per heavy atom. The first-order chi connectivity index (χ1) is 13.2. The van der Waals surface area contributed by atoms with E-state index >= 15 is 0 Å². The minimum Gasteiger partial charge on any atom is -0.444 e. The highest BCUT2D eigenvalue weighted by atomic mass is 127. The minimum atomic E-state index is -0.269. The van der Waals surface area contributed by atoms with Gasteiger partial charge in [-0.3, -0.25) is 4.99 Å². The first-order valence-electron chi connectivity index (χ1n) is 9.46. The molecule has 2 aromatic rings. The molecule has 154 valence electrons. The molecule has 0 radical (unpaired) electrons. The van der Waals surface area contributed by atoms with Crippen LogP contribution in [-0.4, -0.2) is 41.6 Å². The molecule has 0 aliphatic heterocycles. The molecular weight excluding hydrogens is 490 g/mol. The lowest BCUT2D eigenvalue weighted by Crippen LogP contribution is -2.42. The van der Waals surface area contributed by atoms with E-state index in [0.717, 1.165) is 29.0 Å². The summed E-state index contributed by atoms with van der Waals surface area (Å²) in [7, 11) is 0. The van der Waals surface area contributed by atoms with Crippen molar-refractivity contribution in [2.24, 2.45) is 4.99 Å². The van der Waals surface area contributed by atoms with Crippen LogP contribution in [0.15, 0.2) is 39.9 Å². The predicted molar refractivity (Wildman–Crippen MR) is 125 cm³/mol. The summed E-state index contributed by atoms with van der Waals surface area (Å²) in [4.78, 5) is 9.15. The van der Waals surface area contributed by atoms with E-state index in [2.05, 4.69) is 33.8 Å². The smallest absolute Gasteiger partial charge is 0.226 e. The molecule has 8 heteroatoms. The normalized spacial score (nSPS) is 19.3. The maximum atomic E-state index is 13.0. The predicted octanol–water partition coefficient (Wildman–Crippen LogP) is 4.48. The molecule has 2 atom stereocenters. The van der Waals surface area contributed by atoms with E-state index in [0.29, 0.717) is 24.9 Å². The molecule has 28 heavy (non-hydrogen) atoms. The van der Waals surface area contributed by atoms with E-state index in [1.807, 2.05) is 11.8 Å². The van der Waals surface area contributed by atoms with E-state index < -0.39 is 0 Å². The van der Waals surface area contributed by atoms with Crippen LogP contribution in [-0.2, 0) is 6.42 Å². The number of aliphatic imine (C=N–C) groups is 1. The fraction of sp³-hybridized carbons (Fsp3) is 0.500. The van der Waals surface area contributed by atoms with Crippen LogP contribution in [0.1, 0.15) is 31.9 Å². The van der Waals surface area contributed by atoms with Crippen LogP contribution in [0.25, 0.3) is 11.5 Å². The van der Waals surface area contributed by atoms with Gasteiger partial charge in [-0.1, -0.05) is 0 Å². The Balaban J connectivity index is 0.00000280. The number of benzene rings is 1. The third kappa shape index (κ3) is 6.65. The van der Waals surface area contributed by atoms with Gasteiger partial charge >= 0.3 is 0 Å². The van der Waals surface area contributed by atoms with Crippen LogP contribution in [0, 0.1) is 5.82 Å². The van der Waals surface area contributed by atoms with Crippen molar-refractivity contribution in [1.82, 2.24) is 15.6 Å². The highest BCUT2D eigenvalue weighted by Gasteiger charge is 2.24. The molecule has 1 aliphatic rings. The van der Waals surface area contributed by atoms with Gasteiger partial charge in [0.25, 0.3) is 0 Å². The molecular formula is C20H28FIN4OS. The molecule has 1 saturated carbocycles. The van der Waals surface area contributed by atoms with Crippen molar-refractivity contribution < 1.29 is 8.81 Å². The SMILES string of the molecule is CCNC(=NCCc1coc(-c2ccc(F)cc2)n1)NC1CCC(SC)C1.I. The molecule has 0 bridgehead atoms. The van der Waals surface area contributed by atoms with Crippen molar-refractivity contribution in [3.8, 4) is 11.5 Å². The second kappa shape index (κ2) is 11.6. The summed E-state index contributed by atoms with van der Waals surface area (Å²) in [6.07, 6.45) is 8.18. The summed E-state index contributed by atoms with van der Waals surface area (Å²) < 4.78 is 18.5. The highest BCUT2D eigenvalue weighted by molar-refractivity contribution is 14.0. The van der Waals surface area contributed by atoms with Crippen LogP contribution in [0.5, 0.6) is 0 Å². The number of guanidine groups is 1. The summed E-state index contributed by atoms with van der Waals surface area (Å²) in [5.74, 6) is 1.11. The zero-order valence-electron chi connectivity index (χ0n) is 16.3. The maximum absolute atomic E-state index is 13.0. The van der Waals surface area contributed by atoms with Crippen molar-refractivity contribution in [1.29, 1.82) is 0 Å². The van der Waals surface area contributed by atoms with Crippen molar-refractivity contribution in [2.75, 3.05) is 19.3 Å². The second-order valence-electron chi connectivity index (χ2n) is 6.67. The number of nitrogens with one attached hydrogen (secondary N) is 2. The summed E-state index contributed by atoms with van der Waals surface area (Å²) in [5.41, 5.74) is 1.61. The quantitative estimate of drug-likeness (QED) is 0.322. The Morgan fingerprint density at radius 1 is 1.32 bits per heavy atom. The van der Waals surface area contributed by atoms with Crippen LogP contribution in [0.2, 0.25) is 0 Å².